The zero-order valence-corrected chi connectivity index (χ0v) is 10.3. The van der Waals surface area contributed by atoms with Gasteiger partial charge in [0, 0.05) is 12.1 Å². The molecule has 1 saturated heterocycles. The van der Waals surface area contributed by atoms with Crippen LogP contribution in [-0.4, -0.2) is 37.6 Å². The lowest BCUT2D eigenvalue weighted by Crippen LogP contribution is -2.55. The zero-order valence-electron chi connectivity index (χ0n) is 10.3. The molecule has 1 rings (SSSR count). The van der Waals surface area contributed by atoms with Gasteiger partial charge in [0.1, 0.15) is 0 Å². The maximum Gasteiger partial charge on any atom is 0.0310 e. The first kappa shape index (κ1) is 12.0. The third kappa shape index (κ3) is 3.58. The Balaban J connectivity index is 2.57. The predicted molar refractivity (Wildman–Crippen MR) is 62.6 cm³/mol. The summed E-state index contributed by atoms with van der Waals surface area (Å²) in [6.45, 7) is 7.05. The molecule has 2 heteroatoms. The van der Waals surface area contributed by atoms with E-state index in [1.807, 2.05) is 0 Å². The Hall–Kier alpha value is -0.0800. The van der Waals surface area contributed by atoms with Crippen LogP contribution in [0.2, 0.25) is 0 Å². The number of hydrogen-bond acceptors (Lipinski definition) is 2. The van der Waals surface area contributed by atoms with E-state index in [1.165, 1.54) is 38.8 Å². The SMILES string of the molecule is CC(C)CC1(CN(C)C)CCCCN1. The van der Waals surface area contributed by atoms with Gasteiger partial charge < -0.3 is 10.2 Å². The topological polar surface area (TPSA) is 15.3 Å². The second kappa shape index (κ2) is 5.13. The second-order valence-corrected chi connectivity index (χ2v) is 5.50. The molecule has 1 fully saturated rings. The van der Waals surface area contributed by atoms with Crippen molar-refractivity contribution < 1.29 is 0 Å². The molecule has 1 atom stereocenters. The van der Waals surface area contributed by atoms with Crippen molar-refractivity contribution >= 4 is 0 Å². The number of nitrogens with zero attached hydrogens (tertiary/aromatic N) is 1. The van der Waals surface area contributed by atoms with E-state index in [0.717, 1.165) is 5.92 Å². The van der Waals surface area contributed by atoms with Crippen LogP contribution in [0.5, 0.6) is 0 Å². The highest BCUT2D eigenvalue weighted by Gasteiger charge is 2.32. The Morgan fingerprint density at radius 1 is 1.29 bits per heavy atom. The summed E-state index contributed by atoms with van der Waals surface area (Å²) >= 11 is 0. The first-order valence-electron chi connectivity index (χ1n) is 5.94. The highest BCUT2D eigenvalue weighted by molar-refractivity contribution is 4.93. The van der Waals surface area contributed by atoms with Gasteiger partial charge in [0.25, 0.3) is 0 Å². The van der Waals surface area contributed by atoms with Gasteiger partial charge >= 0.3 is 0 Å². The molecule has 1 aliphatic heterocycles. The van der Waals surface area contributed by atoms with Gasteiger partial charge in [0.15, 0.2) is 0 Å². The van der Waals surface area contributed by atoms with Crippen molar-refractivity contribution in [2.45, 2.75) is 45.1 Å². The summed E-state index contributed by atoms with van der Waals surface area (Å²) in [6, 6.07) is 0. The molecule has 0 aliphatic carbocycles. The van der Waals surface area contributed by atoms with Crippen LogP contribution in [0, 0.1) is 5.92 Å². The van der Waals surface area contributed by atoms with Crippen LogP contribution in [0.25, 0.3) is 0 Å². The van der Waals surface area contributed by atoms with Crippen molar-refractivity contribution in [2.75, 3.05) is 27.2 Å². The lowest BCUT2D eigenvalue weighted by molar-refractivity contribution is 0.161. The maximum absolute atomic E-state index is 3.75. The van der Waals surface area contributed by atoms with E-state index >= 15 is 0 Å². The molecule has 0 spiro atoms. The normalized spacial score (nSPS) is 28.7. The number of piperidine rings is 1. The Labute approximate surface area is 89.1 Å². The van der Waals surface area contributed by atoms with Crippen molar-refractivity contribution in [2.24, 2.45) is 5.92 Å². The molecule has 1 unspecified atom stereocenters. The molecule has 0 radical (unpaired) electrons. The van der Waals surface area contributed by atoms with E-state index in [2.05, 4.69) is 38.2 Å². The van der Waals surface area contributed by atoms with E-state index in [1.54, 1.807) is 0 Å². The monoisotopic (exact) mass is 198 g/mol. The zero-order chi connectivity index (χ0) is 10.6. The van der Waals surface area contributed by atoms with Crippen LogP contribution >= 0.6 is 0 Å². The average molecular weight is 198 g/mol. The fourth-order valence-corrected chi connectivity index (χ4v) is 2.79. The molecule has 1 aliphatic rings. The number of rotatable bonds is 4. The molecule has 1 heterocycles. The summed E-state index contributed by atoms with van der Waals surface area (Å²) in [5.41, 5.74) is 0.399. The quantitative estimate of drug-likeness (QED) is 0.744. The van der Waals surface area contributed by atoms with E-state index in [0.29, 0.717) is 5.54 Å². The molecular weight excluding hydrogens is 172 g/mol. The highest BCUT2D eigenvalue weighted by Crippen LogP contribution is 2.27. The van der Waals surface area contributed by atoms with E-state index in [9.17, 15) is 0 Å². The molecule has 0 amide bonds. The van der Waals surface area contributed by atoms with Crippen LogP contribution in [0.4, 0.5) is 0 Å². The van der Waals surface area contributed by atoms with Crippen molar-refractivity contribution in [3.63, 3.8) is 0 Å². The first-order chi connectivity index (χ1) is 6.54. The summed E-state index contributed by atoms with van der Waals surface area (Å²) in [7, 11) is 4.36. The van der Waals surface area contributed by atoms with Gasteiger partial charge in [-0.3, -0.25) is 0 Å². The minimum atomic E-state index is 0.399. The van der Waals surface area contributed by atoms with E-state index < -0.39 is 0 Å². The van der Waals surface area contributed by atoms with Crippen molar-refractivity contribution in [3.8, 4) is 0 Å². The van der Waals surface area contributed by atoms with Gasteiger partial charge in [-0.2, -0.15) is 0 Å². The average Bonchev–Trinajstić information content (AvgIpc) is 2.01. The number of nitrogens with one attached hydrogen (secondary N) is 1. The highest BCUT2D eigenvalue weighted by atomic mass is 15.1. The lowest BCUT2D eigenvalue weighted by Gasteiger charge is -2.41. The van der Waals surface area contributed by atoms with Gasteiger partial charge in [-0.05, 0) is 45.8 Å². The molecule has 0 aromatic rings. The van der Waals surface area contributed by atoms with Crippen molar-refractivity contribution in [1.29, 1.82) is 0 Å². The predicted octanol–water partition coefficient (Wildman–Crippen LogP) is 2.11. The van der Waals surface area contributed by atoms with Crippen LogP contribution < -0.4 is 5.32 Å². The molecule has 1 N–H and O–H groups in total. The fourth-order valence-electron chi connectivity index (χ4n) is 2.79. The third-order valence-corrected chi connectivity index (χ3v) is 3.00. The largest absolute Gasteiger partial charge is 0.310 e. The van der Waals surface area contributed by atoms with Gasteiger partial charge in [-0.15, -0.1) is 0 Å². The standard InChI is InChI=1S/C12H26N2/c1-11(2)9-12(10-14(3)4)7-5-6-8-13-12/h11,13H,5-10H2,1-4H3. The van der Waals surface area contributed by atoms with Crippen molar-refractivity contribution in [3.05, 3.63) is 0 Å². The first-order valence-corrected chi connectivity index (χ1v) is 5.94. The molecule has 0 aromatic carbocycles. The molecule has 0 saturated carbocycles. The molecular formula is C12H26N2. The summed E-state index contributed by atoms with van der Waals surface area (Å²) in [6.07, 6.45) is 5.41. The Morgan fingerprint density at radius 3 is 2.43 bits per heavy atom. The smallest absolute Gasteiger partial charge is 0.0310 e. The van der Waals surface area contributed by atoms with E-state index in [-0.39, 0.29) is 0 Å². The minimum Gasteiger partial charge on any atom is -0.310 e. The summed E-state index contributed by atoms with van der Waals surface area (Å²) in [4.78, 5) is 2.32. The molecule has 84 valence electrons. The van der Waals surface area contributed by atoms with Gasteiger partial charge in [0.2, 0.25) is 0 Å². The summed E-state index contributed by atoms with van der Waals surface area (Å²) < 4.78 is 0. The van der Waals surface area contributed by atoms with Crippen LogP contribution in [0.1, 0.15) is 39.5 Å². The Bertz CT molecular complexity index is 146. The fraction of sp³-hybridized carbons (Fsp3) is 1.00. The van der Waals surface area contributed by atoms with Crippen LogP contribution in [0.15, 0.2) is 0 Å². The van der Waals surface area contributed by atoms with Gasteiger partial charge in [0.05, 0.1) is 0 Å². The van der Waals surface area contributed by atoms with Crippen molar-refractivity contribution in [1.82, 2.24) is 10.2 Å². The van der Waals surface area contributed by atoms with Gasteiger partial charge in [-0.25, -0.2) is 0 Å². The Kier molecular flexibility index (Phi) is 4.39. The minimum absolute atomic E-state index is 0.399. The van der Waals surface area contributed by atoms with Crippen LogP contribution in [-0.2, 0) is 0 Å². The van der Waals surface area contributed by atoms with Gasteiger partial charge in [-0.1, -0.05) is 20.3 Å². The molecule has 2 nitrogen and oxygen atoms in total. The van der Waals surface area contributed by atoms with Crippen LogP contribution in [0.3, 0.4) is 0 Å². The molecule has 0 aromatic heterocycles. The summed E-state index contributed by atoms with van der Waals surface area (Å²) in [5, 5.41) is 3.75. The van der Waals surface area contributed by atoms with E-state index in [4.69, 9.17) is 0 Å². The number of likely N-dealkylation sites (N-methyl/N-ethyl adjacent to an activating group) is 1. The third-order valence-electron chi connectivity index (χ3n) is 3.00. The second-order valence-electron chi connectivity index (χ2n) is 5.50. The molecule has 0 bridgehead atoms. The molecule has 14 heavy (non-hydrogen) atoms. The summed E-state index contributed by atoms with van der Waals surface area (Å²) in [5.74, 6) is 0.792. The Morgan fingerprint density at radius 2 is 2.00 bits per heavy atom. The number of hydrogen-bond donors (Lipinski definition) is 1. The maximum atomic E-state index is 3.75. The lowest BCUT2D eigenvalue weighted by atomic mass is 9.81.